The number of aromatic nitrogens is 2. The number of nitrogens with zero attached hydrogens (tertiary/aromatic N) is 4. The van der Waals surface area contributed by atoms with E-state index in [4.69, 9.17) is 14.0 Å². The minimum absolute atomic E-state index is 0.000713. The largest absolute Gasteiger partial charge is 0.493 e. The lowest BCUT2D eigenvalue weighted by molar-refractivity contribution is -0.126. The minimum Gasteiger partial charge on any atom is -0.493 e. The van der Waals surface area contributed by atoms with Crippen molar-refractivity contribution in [2.75, 3.05) is 46.9 Å². The molecular weight excluding hydrogens is 434 g/mol. The first-order valence-corrected chi connectivity index (χ1v) is 12.4. The van der Waals surface area contributed by atoms with Gasteiger partial charge in [-0.05, 0) is 63.9 Å². The number of methoxy groups -OCH3 is 2. The molecule has 4 rings (SSSR count). The van der Waals surface area contributed by atoms with Crippen LogP contribution in [-0.2, 0) is 11.3 Å². The van der Waals surface area contributed by atoms with E-state index >= 15 is 0 Å². The molecule has 1 aromatic carbocycles. The van der Waals surface area contributed by atoms with Gasteiger partial charge in [-0.25, -0.2) is 0 Å². The molecule has 0 saturated carbocycles. The smallest absolute Gasteiger partial charge is 0.241 e. The molecule has 9 nitrogen and oxygen atoms in total. The fourth-order valence-electron chi connectivity index (χ4n) is 4.97. The second-order valence-electron chi connectivity index (χ2n) is 9.33. The van der Waals surface area contributed by atoms with Gasteiger partial charge in [-0.2, -0.15) is 4.98 Å². The average Bonchev–Trinajstić information content (AvgIpc) is 3.33. The van der Waals surface area contributed by atoms with Gasteiger partial charge in [0.15, 0.2) is 11.5 Å². The van der Waals surface area contributed by atoms with Gasteiger partial charge in [0.05, 0.1) is 26.7 Å². The minimum atomic E-state index is 0.000713. The van der Waals surface area contributed by atoms with Crippen LogP contribution >= 0.6 is 0 Å². The highest BCUT2D eigenvalue weighted by Crippen LogP contribution is 2.31. The van der Waals surface area contributed by atoms with E-state index in [-0.39, 0.29) is 11.8 Å². The van der Waals surface area contributed by atoms with Crippen molar-refractivity contribution in [3.05, 3.63) is 24.1 Å². The summed E-state index contributed by atoms with van der Waals surface area (Å²) >= 11 is 0. The van der Waals surface area contributed by atoms with Crippen molar-refractivity contribution in [1.29, 1.82) is 0 Å². The van der Waals surface area contributed by atoms with Crippen LogP contribution in [0.1, 0.15) is 44.9 Å². The molecule has 1 aromatic heterocycles. The van der Waals surface area contributed by atoms with Crippen molar-refractivity contribution in [2.24, 2.45) is 5.92 Å². The first kappa shape index (κ1) is 24.5. The van der Waals surface area contributed by atoms with Crippen molar-refractivity contribution < 1.29 is 18.8 Å². The molecule has 0 bridgehead atoms. The van der Waals surface area contributed by atoms with Crippen molar-refractivity contribution in [3.63, 3.8) is 0 Å². The zero-order valence-electron chi connectivity index (χ0n) is 20.6. The van der Waals surface area contributed by atoms with Gasteiger partial charge in [0.1, 0.15) is 0 Å². The highest BCUT2D eigenvalue weighted by Gasteiger charge is 2.27. The third kappa shape index (κ3) is 6.07. The molecule has 2 fully saturated rings. The fourth-order valence-corrected chi connectivity index (χ4v) is 4.97. The molecule has 3 heterocycles. The molecule has 2 aliphatic rings. The van der Waals surface area contributed by atoms with Crippen LogP contribution in [0.3, 0.4) is 0 Å². The van der Waals surface area contributed by atoms with Gasteiger partial charge in [0.2, 0.25) is 17.6 Å². The van der Waals surface area contributed by atoms with E-state index < -0.39 is 0 Å². The molecule has 9 heteroatoms. The second-order valence-corrected chi connectivity index (χ2v) is 9.33. The number of amides is 1. The zero-order valence-corrected chi connectivity index (χ0v) is 20.6. The quantitative estimate of drug-likeness (QED) is 0.597. The summed E-state index contributed by atoms with van der Waals surface area (Å²) in [6.45, 7) is 7.25. The van der Waals surface area contributed by atoms with Crippen LogP contribution in [-0.4, -0.2) is 78.8 Å². The normalized spacial score (nSPS) is 21.9. The van der Waals surface area contributed by atoms with E-state index in [0.717, 1.165) is 44.6 Å². The van der Waals surface area contributed by atoms with Crippen LogP contribution in [0.5, 0.6) is 11.5 Å². The molecule has 2 saturated heterocycles. The number of nitrogens with one attached hydrogen (secondary N) is 1. The Bertz CT molecular complexity index is 949. The van der Waals surface area contributed by atoms with E-state index in [2.05, 4.69) is 32.2 Å². The van der Waals surface area contributed by atoms with Gasteiger partial charge in [0, 0.05) is 31.2 Å². The van der Waals surface area contributed by atoms with Crippen molar-refractivity contribution in [3.8, 4) is 22.9 Å². The average molecular weight is 472 g/mol. The predicted molar refractivity (Wildman–Crippen MR) is 129 cm³/mol. The standard InChI is InChI=1S/C25H37N5O4/c1-18-7-4-5-13-30(18)14-11-26-25(31)20-8-6-12-29(16-20)17-23-27-24(28-34-23)19-9-10-21(32-2)22(15-19)33-3/h9-10,15,18,20H,4-8,11-14,16-17H2,1-3H3,(H,26,31). The highest BCUT2D eigenvalue weighted by atomic mass is 16.5. The number of carbonyl (C=O) groups excluding carboxylic acids is 1. The molecule has 2 atom stereocenters. The molecule has 1 N–H and O–H groups in total. The summed E-state index contributed by atoms with van der Waals surface area (Å²) in [7, 11) is 3.20. The Kier molecular flexibility index (Phi) is 8.39. The van der Waals surface area contributed by atoms with Gasteiger partial charge < -0.3 is 19.3 Å². The third-order valence-electron chi connectivity index (χ3n) is 6.98. The Morgan fingerprint density at radius 2 is 2.00 bits per heavy atom. The van der Waals surface area contributed by atoms with E-state index in [9.17, 15) is 4.79 Å². The SMILES string of the molecule is COc1ccc(-c2noc(CN3CCCC(C(=O)NCCN4CCCCC4C)C3)n2)cc1OC. The molecule has 0 aliphatic carbocycles. The Morgan fingerprint density at radius 3 is 2.79 bits per heavy atom. The van der Waals surface area contributed by atoms with E-state index in [1.54, 1.807) is 14.2 Å². The lowest BCUT2D eigenvalue weighted by atomic mass is 9.97. The lowest BCUT2D eigenvalue weighted by Gasteiger charge is -2.34. The maximum absolute atomic E-state index is 12.8. The summed E-state index contributed by atoms with van der Waals surface area (Å²) in [5.74, 6) is 2.48. The Labute approximate surface area is 201 Å². The molecule has 1 amide bonds. The van der Waals surface area contributed by atoms with Gasteiger partial charge >= 0.3 is 0 Å². The summed E-state index contributed by atoms with van der Waals surface area (Å²) < 4.78 is 16.2. The summed E-state index contributed by atoms with van der Waals surface area (Å²) in [5.41, 5.74) is 0.798. The van der Waals surface area contributed by atoms with Gasteiger partial charge in [-0.1, -0.05) is 11.6 Å². The molecule has 34 heavy (non-hydrogen) atoms. The Hall–Kier alpha value is -2.65. The summed E-state index contributed by atoms with van der Waals surface area (Å²) in [5, 5.41) is 7.30. The first-order chi connectivity index (χ1) is 16.6. The molecule has 2 aromatic rings. The van der Waals surface area contributed by atoms with Crippen molar-refractivity contribution in [1.82, 2.24) is 25.3 Å². The topological polar surface area (TPSA) is 93.0 Å². The van der Waals surface area contributed by atoms with E-state index in [1.165, 1.54) is 19.3 Å². The van der Waals surface area contributed by atoms with Gasteiger partial charge in [-0.15, -0.1) is 0 Å². The van der Waals surface area contributed by atoms with Gasteiger partial charge in [-0.3, -0.25) is 14.6 Å². The lowest BCUT2D eigenvalue weighted by Crippen LogP contribution is -2.46. The van der Waals surface area contributed by atoms with E-state index in [1.807, 2.05) is 18.2 Å². The van der Waals surface area contributed by atoms with Crippen LogP contribution in [0.2, 0.25) is 0 Å². The molecule has 2 aliphatic heterocycles. The maximum Gasteiger partial charge on any atom is 0.241 e. The number of benzene rings is 1. The third-order valence-corrected chi connectivity index (χ3v) is 6.98. The Morgan fingerprint density at radius 1 is 1.15 bits per heavy atom. The van der Waals surface area contributed by atoms with Crippen molar-refractivity contribution in [2.45, 2.75) is 51.6 Å². The van der Waals surface area contributed by atoms with E-state index in [0.29, 0.717) is 42.3 Å². The first-order valence-electron chi connectivity index (χ1n) is 12.4. The van der Waals surface area contributed by atoms with Crippen LogP contribution in [0.25, 0.3) is 11.4 Å². The number of rotatable bonds is 9. The molecule has 2 unspecified atom stereocenters. The highest BCUT2D eigenvalue weighted by molar-refractivity contribution is 5.78. The summed E-state index contributed by atoms with van der Waals surface area (Å²) in [6.07, 6.45) is 5.74. The van der Waals surface area contributed by atoms with Crippen LogP contribution in [0.15, 0.2) is 22.7 Å². The molecule has 0 spiro atoms. The number of likely N-dealkylation sites (tertiary alicyclic amines) is 2. The van der Waals surface area contributed by atoms with Crippen molar-refractivity contribution >= 4 is 5.91 Å². The van der Waals surface area contributed by atoms with Crippen LogP contribution < -0.4 is 14.8 Å². The predicted octanol–water partition coefficient (Wildman–Crippen LogP) is 2.96. The fraction of sp³-hybridized carbons (Fsp3) is 0.640. The second kappa shape index (κ2) is 11.7. The summed E-state index contributed by atoms with van der Waals surface area (Å²) in [4.78, 5) is 22.1. The molecular formula is C25H37N5O4. The maximum atomic E-state index is 12.8. The zero-order chi connectivity index (χ0) is 23.9. The number of carbonyl (C=O) groups is 1. The number of hydrogen-bond donors (Lipinski definition) is 1. The molecule has 186 valence electrons. The summed E-state index contributed by atoms with van der Waals surface area (Å²) in [6, 6.07) is 6.15. The number of hydrogen-bond acceptors (Lipinski definition) is 8. The number of ether oxygens (including phenoxy) is 2. The monoisotopic (exact) mass is 471 g/mol. The van der Waals surface area contributed by atoms with Crippen LogP contribution in [0.4, 0.5) is 0 Å². The Balaban J connectivity index is 1.28. The van der Waals surface area contributed by atoms with Gasteiger partial charge in [0.25, 0.3) is 0 Å². The number of piperidine rings is 2. The molecule has 0 radical (unpaired) electrons. The van der Waals surface area contributed by atoms with Crippen LogP contribution in [0, 0.1) is 5.92 Å².